The molecule has 26 heavy (non-hydrogen) atoms. The summed E-state index contributed by atoms with van der Waals surface area (Å²) in [6.45, 7) is 8.85. The van der Waals surface area contributed by atoms with E-state index in [1.54, 1.807) is 18.3 Å². The molecule has 1 aromatic rings. The van der Waals surface area contributed by atoms with Crippen molar-refractivity contribution in [2.75, 3.05) is 19.7 Å². The van der Waals surface area contributed by atoms with E-state index >= 15 is 0 Å². The fourth-order valence-electron chi connectivity index (χ4n) is 3.63. The van der Waals surface area contributed by atoms with Crippen LogP contribution in [0.3, 0.4) is 0 Å². The van der Waals surface area contributed by atoms with E-state index in [1.807, 2.05) is 12.1 Å². The second-order valence-electron chi connectivity index (χ2n) is 7.28. The average molecular weight is 358 g/mol. The van der Waals surface area contributed by atoms with Crippen LogP contribution in [-0.2, 0) is 0 Å². The molecule has 0 spiro atoms. The number of rotatable bonds is 9. The molecule has 1 aromatic heterocycles. The van der Waals surface area contributed by atoms with E-state index in [2.05, 4.69) is 23.8 Å². The maximum Gasteiger partial charge on any atom is 0.137 e. The second-order valence-corrected chi connectivity index (χ2v) is 7.28. The van der Waals surface area contributed by atoms with Gasteiger partial charge in [0.05, 0.1) is 24.2 Å². The molecular formula is C22H35N3O. The highest BCUT2D eigenvalue weighted by Gasteiger charge is 2.18. The Balaban J connectivity index is 1.78. The highest BCUT2D eigenvalue weighted by molar-refractivity contribution is 5.60. The maximum absolute atomic E-state index is 6.02. The third-order valence-electron chi connectivity index (χ3n) is 5.25. The van der Waals surface area contributed by atoms with Crippen LogP contribution < -0.4 is 15.8 Å². The number of nitrogens with two attached hydrogens (primary N) is 1. The van der Waals surface area contributed by atoms with Crippen LogP contribution >= 0.6 is 0 Å². The Kier molecular flexibility index (Phi) is 9.26. The smallest absolute Gasteiger partial charge is 0.137 e. The monoisotopic (exact) mass is 357 g/mol. The summed E-state index contributed by atoms with van der Waals surface area (Å²) in [5, 5.41) is 3.46. The predicted molar refractivity (Wildman–Crippen MR) is 110 cm³/mol. The lowest BCUT2D eigenvalue weighted by Gasteiger charge is -2.25. The number of nitrogens with zero attached hydrogens (tertiary/aromatic N) is 1. The van der Waals surface area contributed by atoms with E-state index in [9.17, 15) is 0 Å². The van der Waals surface area contributed by atoms with Gasteiger partial charge < -0.3 is 15.8 Å². The van der Waals surface area contributed by atoms with E-state index in [4.69, 9.17) is 10.5 Å². The summed E-state index contributed by atoms with van der Waals surface area (Å²) >= 11 is 0. The lowest BCUT2D eigenvalue weighted by Crippen LogP contribution is -2.20. The van der Waals surface area contributed by atoms with Gasteiger partial charge in [-0.3, -0.25) is 4.98 Å². The molecule has 0 radical (unpaired) electrons. The van der Waals surface area contributed by atoms with Crippen molar-refractivity contribution in [2.24, 2.45) is 17.6 Å². The number of allylic oxidation sites excluding steroid dienone is 2. The molecule has 1 fully saturated rings. The summed E-state index contributed by atoms with van der Waals surface area (Å²) in [7, 11) is 0. The van der Waals surface area contributed by atoms with Crippen molar-refractivity contribution < 1.29 is 4.74 Å². The Labute approximate surface area is 158 Å². The summed E-state index contributed by atoms with van der Waals surface area (Å²) in [4.78, 5) is 4.38. The zero-order valence-corrected chi connectivity index (χ0v) is 16.3. The molecular weight excluding hydrogens is 322 g/mol. The minimum absolute atomic E-state index is 0.621. The van der Waals surface area contributed by atoms with Crippen LogP contribution in [0, 0.1) is 11.8 Å². The SMILES string of the molecule is C=C/C=C(\N)c1ccc(OC[C@@H]2CCCCC(CCNCC)CC2)cn1. The fraction of sp³-hybridized carbons (Fsp3) is 0.591. The molecule has 0 aliphatic heterocycles. The van der Waals surface area contributed by atoms with Gasteiger partial charge in [0, 0.05) is 0 Å². The lowest BCUT2D eigenvalue weighted by atomic mass is 9.84. The van der Waals surface area contributed by atoms with Crippen LogP contribution in [0.2, 0.25) is 0 Å². The largest absolute Gasteiger partial charge is 0.492 e. The van der Waals surface area contributed by atoms with Gasteiger partial charge in [-0.25, -0.2) is 0 Å². The molecule has 0 bridgehead atoms. The molecule has 2 atom stereocenters. The first-order valence-corrected chi connectivity index (χ1v) is 10.1. The van der Waals surface area contributed by atoms with Gasteiger partial charge in [-0.2, -0.15) is 0 Å². The average Bonchev–Trinajstić information content (AvgIpc) is 2.64. The van der Waals surface area contributed by atoms with Crippen LogP contribution in [-0.4, -0.2) is 24.7 Å². The topological polar surface area (TPSA) is 60.2 Å². The molecule has 0 saturated heterocycles. The molecule has 1 aliphatic carbocycles. The van der Waals surface area contributed by atoms with Crippen molar-refractivity contribution >= 4 is 5.70 Å². The van der Waals surface area contributed by atoms with Gasteiger partial charge in [0.25, 0.3) is 0 Å². The van der Waals surface area contributed by atoms with E-state index < -0.39 is 0 Å². The van der Waals surface area contributed by atoms with Crippen molar-refractivity contribution in [3.8, 4) is 5.75 Å². The van der Waals surface area contributed by atoms with Crippen LogP contribution in [0.25, 0.3) is 5.70 Å². The third-order valence-corrected chi connectivity index (χ3v) is 5.25. The van der Waals surface area contributed by atoms with Gasteiger partial charge in [0.1, 0.15) is 5.75 Å². The first kappa shape index (κ1) is 20.5. The minimum Gasteiger partial charge on any atom is -0.492 e. The van der Waals surface area contributed by atoms with Gasteiger partial charge in [0.2, 0.25) is 0 Å². The van der Waals surface area contributed by atoms with Crippen molar-refractivity contribution in [3.63, 3.8) is 0 Å². The van der Waals surface area contributed by atoms with Crippen molar-refractivity contribution in [1.82, 2.24) is 10.3 Å². The summed E-state index contributed by atoms with van der Waals surface area (Å²) in [5.74, 6) is 2.35. The Morgan fingerprint density at radius 2 is 2.04 bits per heavy atom. The lowest BCUT2D eigenvalue weighted by molar-refractivity contribution is 0.202. The fourth-order valence-corrected chi connectivity index (χ4v) is 3.63. The van der Waals surface area contributed by atoms with Gasteiger partial charge >= 0.3 is 0 Å². The zero-order valence-electron chi connectivity index (χ0n) is 16.3. The first-order valence-electron chi connectivity index (χ1n) is 10.1. The molecule has 4 nitrogen and oxygen atoms in total. The van der Waals surface area contributed by atoms with Gasteiger partial charge in [-0.1, -0.05) is 45.3 Å². The summed E-state index contributed by atoms with van der Waals surface area (Å²) in [5.41, 5.74) is 7.29. The molecule has 1 saturated carbocycles. The predicted octanol–water partition coefficient (Wildman–Crippen LogP) is 4.53. The maximum atomic E-state index is 6.02. The van der Waals surface area contributed by atoms with E-state index in [1.165, 1.54) is 44.9 Å². The molecule has 3 N–H and O–H groups in total. The Bertz CT molecular complexity index is 553. The van der Waals surface area contributed by atoms with Gasteiger partial charge in [-0.15, -0.1) is 0 Å². The Morgan fingerprint density at radius 3 is 2.73 bits per heavy atom. The minimum atomic E-state index is 0.621. The van der Waals surface area contributed by atoms with Crippen molar-refractivity contribution in [3.05, 3.63) is 42.8 Å². The number of pyridine rings is 1. The van der Waals surface area contributed by atoms with Gasteiger partial charge in [-0.05, 0) is 62.4 Å². The zero-order chi connectivity index (χ0) is 18.6. The second kappa shape index (κ2) is 11.7. The molecule has 1 unspecified atom stereocenters. The number of nitrogens with one attached hydrogen (secondary N) is 1. The number of hydrogen-bond donors (Lipinski definition) is 2. The quantitative estimate of drug-likeness (QED) is 0.503. The molecule has 1 aliphatic rings. The number of aromatic nitrogens is 1. The third kappa shape index (κ3) is 7.20. The van der Waals surface area contributed by atoms with Gasteiger partial charge in [0.15, 0.2) is 0 Å². The van der Waals surface area contributed by atoms with Crippen LogP contribution in [0.15, 0.2) is 37.1 Å². The van der Waals surface area contributed by atoms with Crippen molar-refractivity contribution in [2.45, 2.75) is 51.9 Å². The highest BCUT2D eigenvalue weighted by atomic mass is 16.5. The molecule has 2 rings (SSSR count). The van der Waals surface area contributed by atoms with Crippen LogP contribution in [0.1, 0.15) is 57.6 Å². The summed E-state index contributed by atoms with van der Waals surface area (Å²) in [6.07, 6.45) is 14.5. The Hall–Kier alpha value is -1.81. The Morgan fingerprint density at radius 1 is 1.27 bits per heavy atom. The van der Waals surface area contributed by atoms with E-state index in [-0.39, 0.29) is 0 Å². The standard InChI is InChI=1S/C22H35N3O/c1-3-7-21(23)22-13-12-20(16-25-22)26-17-19-9-6-5-8-18(10-11-19)14-15-24-4-2/h3,7,12-13,16,18-19,24H,1,4-6,8-11,14-15,17,23H2,2H3/b21-7-/t18?,19-/m1/s1. The van der Waals surface area contributed by atoms with Crippen LogP contribution in [0.4, 0.5) is 0 Å². The van der Waals surface area contributed by atoms with E-state index in [0.717, 1.165) is 37.1 Å². The summed E-state index contributed by atoms with van der Waals surface area (Å²) in [6, 6.07) is 3.85. The summed E-state index contributed by atoms with van der Waals surface area (Å²) < 4.78 is 6.02. The first-order chi connectivity index (χ1) is 12.7. The van der Waals surface area contributed by atoms with Crippen molar-refractivity contribution in [1.29, 1.82) is 0 Å². The number of hydrogen-bond acceptors (Lipinski definition) is 4. The molecule has 0 amide bonds. The van der Waals surface area contributed by atoms with E-state index in [0.29, 0.717) is 11.6 Å². The molecule has 4 heteroatoms. The highest BCUT2D eigenvalue weighted by Crippen LogP contribution is 2.28. The molecule has 1 heterocycles. The molecule has 144 valence electrons. The normalized spacial score (nSPS) is 21.7. The molecule has 0 aromatic carbocycles. The number of ether oxygens (including phenoxy) is 1. The van der Waals surface area contributed by atoms with Crippen LogP contribution in [0.5, 0.6) is 5.75 Å².